The number of hydrogen-bond donors (Lipinski definition) is 2. The highest BCUT2D eigenvalue weighted by atomic mass is 35.6. The molecule has 1 aromatic carbocycles. The first kappa shape index (κ1) is 21.4. The summed E-state index contributed by atoms with van der Waals surface area (Å²) in [7, 11) is 0. The van der Waals surface area contributed by atoms with Gasteiger partial charge in [0.15, 0.2) is 0 Å². The van der Waals surface area contributed by atoms with E-state index < -0.39 is 9.96 Å². The molecule has 24 heavy (non-hydrogen) atoms. The van der Waals surface area contributed by atoms with Crippen LogP contribution in [-0.4, -0.2) is 15.9 Å². The molecule has 0 aliphatic rings. The van der Waals surface area contributed by atoms with Crippen LogP contribution in [0.15, 0.2) is 18.2 Å². The third-order valence-electron chi connectivity index (χ3n) is 3.82. The molecule has 1 amide bonds. The first-order chi connectivity index (χ1) is 11.2. The second-order valence-electron chi connectivity index (χ2n) is 6.17. The molecular weight excluding hydrogens is 367 g/mol. The molecule has 136 valence electrons. The Balaban J connectivity index is 2.61. The van der Waals surface area contributed by atoms with E-state index in [-0.39, 0.29) is 5.91 Å². The van der Waals surface area contributed by atoms with Gasteiger partial charge in [0.1, 0.15) is 6.17 Å². The van der Waals surface area contributed by atoms with Crippen molar-refractivity contribution >= 4 is 46.4 Å². The van der Waals surface area contributed by atoms with E-state index >= 15 is 0 Å². The topological polar surface area (TPSA) is 41.1 Å². The van der Waals surface area contributed by atoms with E-state index in [1.165, 1.54) is 12.8 Å². The van der Waals surface area contributed by atoms with Crippen molar-refractivity contribution in [3.05, 3.63) is 29.3 Å². The van der Waals surface area contributed by atoms with Gasteiger partial charge >= 0.3 is 0 Å². The first-order valence-electron chi connectivity index (χ1n) is 8.44. The van der Waals surface area contributed by atoms with Crippen molar-refractivity contribution in [2.75, 3.05) is 5.32 Å². The van der Waals surface area contributed by atoms with Crippen molar-refractivity contribution in [1.29, 1.82) is 0 Å². The molecule has 0 saturated carbocycles. The number of carbonyl (C=O) groups is 1. The standard InChI is InChI=1S/C18H27Cl3N2O/c1-4-5-6-7-8-9-16(24)23-17(18(19,20)21)22-15-11-10-13(2)12-14(15)3/h10-12,17,22H,4-9H2,1-3H3,(H,23,24). The molecule has 0 spiro atoms. The quantitative estimate of drug-likeness (QED) is 0.312. The Morgan fingerprint density at radius 1 is 1.12 bits per heavy atom. The highest BCUT2D eigenvalue weighted by Crippen LogP contribution is 2.32. The number of halogens is 3. The minimum absolute atomic E-state index is 0.111. The predicted octanol–water partition coefficient (Wildman–Crippen LogP) is 5.89. The zero-order valence-corrected chi connectivity index (χ0v) is 16.9. The zero-order chi connectivity index (χ0) is 18.2. The van der Waals surface area contributed by atoms with Crippen molar-refractivity contribution in [2.24, 2.45) is 0 Å². The van der Waals surface area contributed by atoms with Crippen LogP contribution in [0, 0.1) is 13.8 Å². The van der Waals surface area contributed by atoms with Crippen molar-refractivity contribution in [3.8, 4) is 0 Å². The largest absolute Gasteiger partial charge is 0.362 e. The summed E-state index contributed by atoms with van der Waals surface area (Å²) in [4.78, 5) is 12.1. The lowest BCUT2D eigenvalue weighted by molar-refractivity contribution is -0.121. The van der Waals surface area contributed by atoms with Gasteiger partial charge < -0.3 is 10.6 Å². The molecule has 2 N–H and O–H groups in total. The number of unbranched alkanes of at least 4 members (excludes halogenated alkanes) is 4. The van der Waals surface area contributed by atoms with Gasteiger partial charge in [-0.05, 0) is 31.9 Å². The van der Waals surface area contributed by atoms with Crippen LogP contribution < -0.4 is 10.6 Å². The summed E-state index contributed by atoms with van der Waals surface area (Å²) in [5.74, 6) is -0.111. The minimum Gasteiger partial charge on any atom is -0.362 e. The number of nitrogens with one attached hydrogen (secondary N) is 2. The van der Waals surface area contributed by atoms with Crippen LogP contribution in [0.3, 0.4) is 0 Å². The lowest BCUT2D eigenvalue weighted by atomic mass is 10.1. The Morgan fingerprint density at radius 3 is 2.38 bits per heavy atom. The number of hydrogen-bond acceptors (Lipinski definition) is 2. The summed E-state index contributed by atoms with van der Waals surface area (Å²) in [5.41, 5.74) is 3.02. The van der Waals surface area contributed by atoms with Crippen molar-refractivity contribution < 1.29 is 4.79 Å². The van der Waals surface area contributed by atoms with Crippen LogP contribution in [0.2, 0.25) is 0 Å². The Hall–Kier alpha value is -0.640. The van der Waals surface area contributed by atoms with Crippen LogP contribution in [-0.2, 0) is 4.79 Å². The van der Waals surface area contributed by atoms with Crippen LogP contribution in [0.5, 0.6) is 0 Å². The number of carbonyl (C=O) groups excluding carboxylic acids is 1. The second kappa shape index (κ2) is 10.4. The van der Waals surface area contributed by atoms with Gasteiger partial charge in [-0.1, -0.05) is 85.1 Å². The van der Waals surface area contributed by atoms with E-state index in [0.29, 0.717) is 6.42 Å². The van der Waals surface area contributed by atoms with Crippen LogP contribution in [0.4, 0.5) is 5.69 Å². The molecule has 0 aromatic heterocycles. The first-order valence-corrected chi connectivity index (χ1v) is 9.57. The average molecular weight is 394 g/mol. The van der Waals surface area contributed by atoms with E-state index in [2.05, 4.69) is 17.6 Å². The molecule has 1 atom stereocenters. The molecule has 0 aliphatic heterocycles. The van der Waals surface area contributed by atoms with Gasteiger partial charge in [0.05, 0.1) is 0 Å². The molecular formula is C18H27Cl3N2O. The van der Waals surface area contributed by atoms with E-state index in [9.17, 15) is 4.79 Å². The van der Waals surface area contributed by atoms with Gasteiger partial charge in [0.25, 0.3) is 0 Å². The minimum atomic E-state index is -1.64. The summed E-state index contributed by atoms with van der Waals surface area (Å²) in [6, 6.07) is 5.93. The monoisotopic (exact) mass is 392 g/mol. The molecule has 6 heteroatoms. The fraction of sp³-hybridized carbons (Fsp3) is 0.611. The van der Waals surface area contributed by atoms with Crippen LogP contribution in [0.1, 0.15) is 56.6 Å². The fourth-order valence-electron chi connectivity index (χ4n) is 2.45. The van der Waals surface area contributed by atoms with E-state index in [1.54, 1.807) is 0 Å². The number of alkyl halides is 3. The number of benzene rings is 1. The summed E-state index contributed by atoms with van der Waals surface area (Å²) >= 11 is 18.1. The highest BCUT2D eigenvalue weighted by Gasteiger charge is 2.34. The molecule has 0 radical (unpaired) electrons. The van der Waals surface area contributed by atoms with Gasteiger partial charge in [0.2, 0.25) is 9.70 Å². The fourth-order valence-corrected chi connectivity index (χ4v) is 2.78. The number of rotatable bonds is 9. The number of aryl methyl sites for hydroxylation is 2. The Labute approximate surface area is 160 Å². The third kappa shape index (κ3) is 7.96. The summed E-state index contributed by atoms with van der Waals surface area (Å²) in [5, 5.41) is 5.92. The maximum absolute atomic E-state index is 12.1. The van der Waals surface area contributed by atoms with Crippen molar-refractivity contribution in [1.82, 2.24) is 5.32 Å². The lowest BCUT2D eigenvalue weighted by Gasteiger charge is -2.28. The van der Waals surface area contributed by atoms with E-state index in [1.807, 2.05) is 32.0 Å². The van der Waals surface area contributed by atoms with E-state index in [0.717, 1.165) is 36.1 Å². The van der Waals surface area contributed by atoms with Crippen LogP contribution >= 0.6 is 34.8 Å². The summed E-state index contributed by atoms with van der Waals surface area (Å²) < 4.78 is -1.64. The average Bonchev–Trinajstić information content (AvgIpc) is 2.48. The molecule has 1 unspecified atom stereocenters. The Kier molecular flexibility index (Phi) is 9.25. The Morgan fingerprint density at radius 2 is 1.79 bits per heavy atom. The molecule has 0 fully saturated rings. The molecule has 0 heterocycles. The molecule has 0 bridgehead atoms. The lowest BCUT2D eigenvalue weighted by Crippen LogP contribution is -2.49. The molecule has 1 aromatic rings. The van der Waals surface area contributed by atoms with Crippen molar-refractivity contribution in [2.45, 2.75) is 69.3 Å². The third-order valence-corrected chi connectivity index (χ3v) is 4.48. The molecule has 0 aliphatic carbocycles. The van der Waals surface area contributed by atoms with Gasteiger partial charge in [-0.2, -0.15) is 0 Å². The highest BCUT2D eigenvalue weighted by molar-refractivity contribution is 6.68. The maximum Gasteiger partial charge on any atom is 0.228 e. The predicted molar refractivity (Wildman–Crippen MR) is 105 cm³/mol. The summed E-state index contributed by atoms with van der Waals surface area (Å²) in [6.45, 7) is 6.15. The van der Waals surface area contributed by atoms with Crippen molar-refractivity contribution in [3.63, 3.8) is 0 Å². The van der Waals surface area contributed by atoms with Crippen LogP contribution in [0.25, 0.3) is 0 Å². The molecule has 0 saturated heterocycles. The molecule has 1 rings (SSSR count). The SMILES string of the molecule is CCCCCCCC(=O)NC(Nc1ccc(C)cc1C)C(Cl)(Cl)Cl. The zero-order valence-electron chi connectivity index (χ0n) is 14.6. The summed E-state index contributed by atoms with van der Waals surface area (Å²) in [6.07, 6.45) is 5.08. The molecule has 3 nitrogen and oxygen atoms in total. The second-order valence-corrected chi connectivity index (χ2v) is 8.54. The number of anilines is 1. The van der Waals surface area contributed by atoms with Gasteiger partial charge in [0, 0.05) is 12.1 Å². The Bertz CT molecular complexity index is 529. The normalized spacial score (nSPS) is 12.8. The number of amides is 1. The van der Waals surface area contributed by atoms with Gasteiger partial charge in [-0.3, -0.25) is 4.79 Å². The van der Waals surface area contributed by atoms with Gasteiger partial charge in [-0.15, -0.1) is 0 Å². The van der Waals surface area contributed by atoms with Gasteiger partial charge in [-0.25, -0.2) is 0 Å². The maximum atomic E-state index is 12.1. The smallest absolute Gasteiger partial charge is 0.228 e. The van der Waals surface area contributed by atoms with E-state index in [4.69, 9.17) is 34.8 Å².